The van der Waals surface area contributed by atoms with Crippen LogP contribution in [0.3, 0.4) is 0 Å². The highest BCUT2D eigenvalue weighted by atomic mass is 35.5. The third kappa shape index (κ3) is 6.90. The maximum Gasteiger partial charge on any atom is 0.338 e. The predicted molar refractivity (Wildman–Crippen MR) is 140 cm³/mol. The lowest BCUT2D eigenvalue weighted by atomic mass is 10.0. The van der Waals surface area contributed by atoms with Crippen LogP contribution in [0.5, 0.6) is 23.0 Å². The van der Waals surface area contributed by atoms with E-state index in [1.165, 1.54) is 40.6 Å². The molecule has 0 aliphatic carbocycles. The summed E-state index contributed by atoms with van der Waals surface area (Å²) in [5.41, 5.74) is 6.76. The molecule has 0 radical (unpaired) electrons. The van der Waals surface area contributed by atoms with Crippen molar-refractivity contribution in [3.05, 3.63) is 40.4 Å². The van der Waals surface area contributed by atoms with E-state index in [0.29, 0.717) is 52.9 Å². The van der Waals surface area contributed by atoms with Gasteiger partial charge in [-0.25, -0.2) is 4.79 Å². The number of halogens is 1. The van der Waals surface area contributed by atoms with Gasteiger partial charge in [0, 0.05) is 25.2 Å². The van der Waals surface area contributed by atoms with Crippen molar-refractivity contribution in [3.8, 4) is 23.0 Å². The van der Waals surface area contributed by atoms with E-state index in [9.17, 15) is 9.59 Å². The monoisotopic (exact) mass is 535 g/mol. The summed E-state index contributed by atoms with van der Waals surface area (Å²) < 4.78 is 26.9. The first-order chi connectivity index (χ1) is 17.8. The van der Waals surface area contributed by atoms with Crippen molar-refractivity contribution in [1.82, 2.24) is 10.2 Å². The number of rotatable bonds is 11. The Balaban J connectivity index is 1.58. The summed E-state index contributed by atoms with van der Waals surface area (Å²) in [6.45, 7) is 2.08. The van der Waals surface area contributed by atoms with Crippen molar-refractivity contribution < 1.29 is 33.3 Å². The van der Waals surface area contributed by atoms with Crippen molar-refractivity contribution in [3.63, 3.8) is 0 Å². The Morgan fingerprint density at radius 2 is 1.68 bits per heavy atom. The maximum atomic E-state index is 12.8. The fourth-order valence-electron chi connectivity index (χ4n) is 4.32. The van der Waals surface area contributed by atoms with Gasteiger partial charge in [-0.05, 0) is 37.6 Å². The van der Waals surface area contributed by atoms with Gasteiger partial charge in [0.05, 0.1) is 50.3 Å². The summed E-state index contributed by atoms with van der Waals surface area (Å²) in [4.78, 5) is 27.8. The Hall–Kier alpha value is -3.37. The molecule has 202 valence electrons. The summed E-state index contributed by atoms with van der Waals surface area (Å²) in [6.07, 6.45) is 2.96. The van der Waals surface area contributed by atoms with Crippen molar-refractivity contribution in [2.45, 2.75) is 25.3 Å². The van der Waals surface area contributed by atoms with Crippen molar-refractivity contribution >= 4 is 29.2 Å². The molecule has 0 spiro atoms. The number of nitrogen functional groups attached to an aromatic ring is 1. The number of anilines is 1. The van der Waals surface area contributed by atoms with Gasteiger partial charge in [0.15, 0.2) is 11.5 Å². The second kappa shape index (κ2) is 13.3. The van der Waals surface area contributed by atoms with Crippen LogP contribution < -0.4 is 30.0 Å². The van der Waals surface area contributed by atoms with E-state index in [2.05, 4.69) is 10.2 Å². The van der Waals surface area contributed by atoms with Crippen LogP contribution in [0.4, 0.5) is 5.69 Å². The molecule has 0 bridgehead atoms. The third-order valence-corrected chi connectivity index (χ3v) is 6.63. The molecule has 0 saturated carbocycles. The molecule has 1 heterocycles. The molecular formula is C26H34ClN3O7. The fraction of sp³-hybridized carbons (Fsp3) is 0.462. The standard InChI is InChI=1S/C26H34ClN3O7/c1-33-21-14-20(28)19(27)13-18(21)25(31)29-8-10-30-9-6-5-7-17(30)15-37-26(32)16-11-22(34-2)24(36-4)23(12-16)35-3/h11-14,17H,5-10,15,28H2,1-4H3,(H,29,31). The number of methoxy groups -OCH3 is 4. The molecule has 2 aromatic carbocycles. The number of likely N-dealkylation sites (tertiary alicyclic amines) is 1. The van der Waals surface area contributed by atoms with E-state index in [1.807, 2.05) is 0 Å². The van der Waals surface area contributed by atoms with Crippen LogP contribution in [-0.4, -0.2) is 77.5 Å². The number of carbonyl (C=O) groups excluding carboxylic acids is 2. The zero-order chi connectivity index (χ0) is 26.9. The van der Waals surface area contributed by atoms with Gasteiger partial charge in [-0.15, -0.1) is 0 Å². The number of ether oxygens (including phenoxy) is 5. The quantitative estimate of drug-likeness (QED) is 0.329. The minimum absolute atomic E-state index is 0.0390. The maximum absolute atomic E-state index is 12.8. The van der Waals surface area contributed by atoms with Crippen molar-refractivity contribution in [2.75, 3.05) is 60.4 Å². The third-order valence-electron chi connectivity index (χ3n) is 6.30. The summed E-state index contributed by atoms with van der Waals surface area (Å²) >= 11 is 6.08. The molecule has 1 atom stereocenters. The van der Waals surface area contributed by atoms with Gasteiger partial charge in [-0.2, -0.15) is 0 Å². The second-order valence-electron chi connectivity index (χ2n) is 8.53. The van der Waals surface area contributed by atoms with E-state index in [0.717, 1.165) is 25.8 Å². The average Bonchev–Trinajstić information content (AvgIpc) is 2.92. The predicted octanol–water partition coefficient (Wildman–Crippen LogP) is 3.40. The smallest absolute Gasteiger partial charge is 0.338 e. The summed E-state index contributed by atoms with van der Waals surface area (Å²) in [5.74, 6) is 0.729. The number of benzene rings is 2. The summed E-state index contributed by atoms with van der Waals surface area (Å²) in [6, 6.07) is 6.19. The van der Waals surface area contributed by atoms with Gasteiger partial charge in [0.25, 0.3) is 5.91 Å². The summed E-state index contributed by atoms with van der Waals surface area (Å²) in [7, 11) is 5.95. The van der Waals surface area contributed by atoms with Crippen LogP contribution in [0, 0.1) is 0 Å². The number of nitrogens with zero attached hydrogens (tertiary/aromatic N) is 1. The molecule has 0 aromatic heterocycles. The molecule has 3 N–H and O–H groups in total. The molecule has 2 aromatic rings. The molecule has 1 fully saturated rings. The Morgan fingerprint density at radius 1 is 1.00 bits per heavy atom. The molecule has 1 unspecified atom stereocenters. The van der Waals surface area contributed by atoms with E-state index >= 15 is 0 Å². The highest BCUT2D eigenvalue weighted by molar-refractivity contribution is 6.33. The number of hydrogen-bond acceptors (Lipinski definition) is 9. The number of esters is 1. The lowest BCUT2D eigenvalue weighted by molar-refractivity contribution is 0.0282. The zero-order valence-electron chi connectivity index (χ0n) is 21.6. The van der Waals surface area contributed by atoms with Crippen LogP contribution in [0.25, 0.3) is 0 Å². The minimum atomic E-state index is -0.481. The molecule has 1 amide bonds. The van der Waals surface area contributed by atoms with E-state index in [4.69, 9.17) is 41.0 Å². The second-order valence-corrected chi connectivity index (χ2v) is 8.94. The Morgan fingerprint density at radius 3 is 2.30 bits per heavy atom. The normalized spacial score (nSPS) is 15.5. The minimum Gasteiger partial charge on any atom is -0.496 e. The molecule has 10 nitrogen and oxygen atoms in total. The molecule has 1 saturated heterocycles. The Kier molecular flexibility index (Phi) is 10.1. The molecular weight excluding hydrogens is 502 g/mol. The number of piperidine rings is 1. The van der Waals surface area contributed by atoms with Crippen LogP contribution in [0.1, 0.15) is 40.0 Å². The molecule has 1 aliphatic heterocycles. The van der Waals surface area contributed by atoms with Gasteiger partial charge in [-0.3, -0.25) is 9.69 Å². The Labute approximate surface area is 221 Å². The molecule has 37 heavy (non-hydrogen) atoms. The molecule has 3 rings (SSSR count). The van der Waals surface area contributed by atoms with Gasteiger partial charge < -0.3 is 34.7 Å². The molecule has 11 heteroatoms. The lowest BCUT2D eigenvalue weighted by Crippen LogP contribution is -2.46. The topological polar surface area (TPSA) is 122 Å². The first kappa shape index (κ1) is 28.2. The number of nitrogens with two attached hydrogens (primary N) is 1. The fourth-order valence-corrected chi connectivity index (χ4v) is 4.48. The van der Waals surface area contributed by atoms with E-state index in [1.54, 1.807) is 12.1 Å². The van der Waals surface area contributed by atoms with Crippen molar-refractivity contribution in [1.29, 1.82) is 0 Å². The van der Waals surface area contributed by atoms with Crippen LogP contribution in [0.2, 0.25) is 5.02 Å². The largest absolute Gasteiger partial charge is 0.496 e. The SMILES string of the molecule is COc1cc(N)c(Cl)cc1C(=O)NCCN1CCCCC1COC(=O)c1cc(OC)c(OC)c(OC)c1. The van der Waals surface area contributed by atoms with Crippen molar-refractivity contribution in [2.24, 2.45) is 0 Å². The van der Waals surface area contributed by atoms with Crippen LogP contribution in [0.15, 0.2) is 24.3 Å². The van der Waals surface area contributed by atoms with Crippen LogP contribution >= 0.6 is 11.6 Å². The highest BCUT2D eigenvalue weighted by Crippen LogP contribution is 2.38. The first-order valence-corrected chi connectivity index (χ1v) is 12.3. The van der Waals surface area contributed by atoms with E-state index in [-0.39, 0.29) is 23.6 Å². The average molecular weight is 536 g/mol. The number of nitrogens with one attached hydrogen (secondary N) is 1. The number of carbonyl (C=O) groups is 2. The zero-order valence-corrected chi connectivity index (χ0v) is 22.4. The van der Waals surface area contributed by atoms with Gasteiger partial charge in [-0.1, -0.05) is 18.0 Å². The van der Waals surface area contributed by atoms with Gasteiger partial charge in [0.2, 0.25) is 5.75 Å². The number of hydrogen-bond donors (Lipinski definition) is 2. The molecule has 1 aliphatic rings. The van der Waals surface area contributed by atoms with Gasteiger partial charge >= 0.3 is 5.97 Å². The number of amides is 1. The first-order valence-electron chi connectivity index (χ1n) is 11.9. The summed E-state index contributed by atoms with van der Waals surface area (Å²) in [5, 5.41) is 3.20. The lowest BCUT2D eigenvalue weighted by Gasteiger charge is -2.35. The van der Waals surface area contributed by atoms with E-state index < -0.39 is 5.97 Å². The Bertz CT molecular complexity index is 1090. The van der Waals surface area contributed by atoms with Crippen LogP contribution in [-0.2, 0) is 4.74 Å². The van der Waals surface area contributed by atoms with Gasteiger partial charge in [0.1, 0.15) is 12.4 Å². The highest BCUT2D eigenvalue weighted by Gasteiger charge is 2.25.